The molecular weight excluding hydrogens is 178 g/mol. The summed E-state index contributed by atoms with van der Waals surface area (Å²) in [4.78, 5) is 13.4. The van der Waals surface area contributed by atoms with E-state index in [1.807, 2.05) is 6.08 Å². The summed E-state index contributed by atoms with van der Waals surface area (Å²) in [5, 5.41) is 9.10. The third-order valence-corrected chi connectivity index (χ3v) is 3.21. The van der Waals surface area contributed by atoms with Gasteiger partial charge in [0, 0.05) is 12.6 Å². The molecule has 14 heavy (non-hydrogen) atoms. The van der Waals surface area contributed by atoms with Crippen molar-refractivity contribution >= 4 is 5.97 Å². The Bertz CT molecular complexity index is 272. The van der Waals surface area contributed by atoms with E-state index in [-0.39, 0.29) is 6.04 Å². The van der Waals surface area contributed by atoms with Crippen molar-refractivity contribution in [1.29, 1.82) is 0 Å². The number of carboxylic acids is 1. The average Bonchev–Trinajstić information content (AvgIpc) is 2.16. The van der Waals surface area contributed by atoms with Gasteiger partial charge >= 0.3 is 5.97 Å². The van der Waals surface area contributed by atoms with Gasteiger partial charge in [0.05, 0.1) is 5.57 Å². The monoisotopic (exact) mass is 195 g/mol. The molecule has 1 N–H and O–H groups in total. The molecule has 2 aliphatic rings. The minimum Gasteiger partial charge on any atom is -0.478 e. The molecule has 3 heteroatoms. The fourth-order valence-corrected chi connectivity index (χ4v) is 2.62. The molecule has 0 aromatic carbocycles. The Hall–Kier alpha value is -0.830. The minimum atomic E-state index is -0.728. The smallest absolute Gasteiger partial charge is 0.332 e. The number of piperidine rings is 1. The van der Waals surface area contributed by atoms with Crippen LogP contribution in [-0.2, 0) is 4.79 Å². The van der Waals surface area contributed by atoms with E-state index in [0.29, 0.717) is 11.5 Å². The number of hydrogen-bond acceptors (Lipinski definition) is 2. The molecule has 0 bridgehead atoms. The fourth-order valence-electron chi connectivity index (χ4n) is 2.62. The summed E-state index contributed by atoms with van der Waals surface area (Å²) in [6, 6.07) is 0.192. The number of aliphatic carboxylic acids is 1. The largest absolute Gasteiger partial charge is 0.478 e. The third kappa shape index (κ3) is 1.69. The van der Waals surface area contributed by atoms with E-state index in [9.17, 15) is 4.79 Å². The van der Waals surface area contributed by atoms with Crippen molar-refractivity contribution in [2.45, 2.75) is 32.2 Å². The highest BCUT2D eigenvalue weighted by Crippen LogP contribution is 2.29. The second-order valence-corrected chi connectivity index (χ2v) is 4.41. The minimum absolute atomic E-state index is 0.192. The molecule has 2 rings (SSSR count). The van der Waals surface area contributed by atoms with E-state index >= 15 is 0 Å². The lowest BCUT2D eigenvalue weighted by atomic mass is 9.88. The van der Waals surface area contributed by atoms with Crippen LogP contribution in [0, 0.1) is 5.92 Å². The molecule has 0 radical (unpaired) electrons. The van der Waals surface area contributed by atoms with E-state index < -0.39 is 5.97 Å². The van der Waals surface area contributed by atoms with E-state index in [2.05, 4.69) is 11.8 Å². The lowest BCUT2D eigenvalue weighted by Crippen LogP contribution is -2.47. The molecule has 2 unspecified atom stereocenters. The van der Waals surface area contributed by atoms with Gasteiger partial charge in [-0.25, -0.2) is 4.79 Å². The SMILES string of the molecule is CC1C=C(C(=O)O)C2CCCCN2C1. The molecule has 0 amide bonds. The number of carbonyl (C=O) groups is 1. The van der Waals surface area contributed by atoms with Gasteiger partial charge in [-0.1, -0.05) is 19.4 Å². The summed E-state index contributed by atoms with van der Waals surface area (Å²) in [6.45, 7) is 4.19. The molecule has 2 aliphatic heterocycles. The molecule has 1 saturated heterocycles. The molecular formula is C11H17NO2. The van der Waals surface area contributed by atoms with E-state index in [1.165, 1.54) is 12.8 Å². The Morgan fingerprint density at radius 1 is 1.57 bits per heavy atom. The van der Waals surface area contributed by atoms with Crippen LogP contribution in [0.5, 0.6) is 0 Å². The normalized spacial score (nSPS) is 33.4. The molecule has 1 fully saturated rings. The predicted molar refractivity (Wildman–Crippen MR) is 54.1 cm³/mol. The first-order valence-corrected chi connectivity index (χ1v) is 5.37. The second-order valence-electron chi connectivity index (χ2n) is 4.41. The Labute approximate surface area is 84.4 Å². The lowest BCUT2D eigenvalue weighted by molar-refractivity contribution is -0.133. The second kappa shape index (κ2) is 3.73. The molecule has 78 valence electrons. The summed E-state index contributed by atoms with van der Waals surface area (Å²) in [7, 11) is 0. The van der Waals surface area contributed by atoms with Crippen molar-refractivity contribution < 1.29 is 9.90 Å². The summed E-state index contributed by atoms with van der Waals surface area (Å²) >= 11 is 0. The van der Waals surface area contributed by atoms with Gasteiger partial charge in [-0.15, -0.1) is 0 Å². The van der Waals surface area contributed by atoms with Crippen molar-refractivity contribution in [3.8, 4) is 0 Å². The number of carboxylic acid groups (broad SMARTS) is 1. The fraction of sp³-hybridized carbons (Fsp3) is 0.727. The summed E-state index contributed by atoms with van der Waals surface area (Å²) in [5.41, 5.74) is 0.628. The Balaban J connectivity index is 2.23. The van der Waals surface area contributed by atoms with E-state index in [4.69, 9.17) is 5.11 Å². The standard InChI is InChI=1S/C11H17NO2/c1-8-6-9(11(13)14)10-4-2-3-5-12(10)7-8/h6,8,10H,2-5,7H2,1H3,(H,13,14). The van der Waals surface area contributed by atoms with Gasteiger partial charge < -0.3 is 5.11 Å². The zero-order valence-corrected chi connectivity index (χ0v) is 8.57. The van der Waals surface area contributed by atoms with Crippen molar-refractivity contribution in [3.63, 3.8) is 0 Å². The molecule has 0 spiro atoms. The van der Waals surface area contributed by atoms with Crippen LogP contribution < -0.4 is 0 Å². The molecule has 3 nitrogen and oxygen atoms in total. The van der Waals surface area contributed by atoms with E-state index in [1.54, 1.807) is 0 Å². The van der Waals surface area contributed by atoms with Crippen LogP contribution in [0.25, 0.3) is 0 Å². The molecule has 0 aromatic rings. The third-order valence-electron chi connectivity index (χ3n) is 3.21. The lowest BCUT2D eigenvalue weighted by Gasteiger charge is -2.40. The van der Waals surface area contributed by atoms with E-state index in [0.717, 1.165) is 19.5 Å². The zero-order chi connectivity index (χ0) is 10.1. The average molecular weight is 195 g/mol. The van der Waals surface area contributed by atoms with Crippen molar-refractivity contribution in [2.75, 3.05) is 13.1 Å². The maximum Gasteiger partial charge on any atom is 0.332 e. The molecule has 0 saturated carbocycles. The van der Waals surface area contributed by atoms with Crippen molar-refractivity contribution in [2.24, 2.45) is 5.92 Å². The Kier molecular flexibility index (Phi) is 2.59. The molecule has 0 aromatic heterocycles. The zero-order valence-electron chi connectivity index (χ0n) is 8.57. The van der Waals surface area contributed by atoms with Crippen LogP contribution in [0.15, 0.2) is 11.6 Å². The van der Waals surface area contributed by atoms with Crippen LogP contribution in [0.4, 0.5) is 0 Å². The van der Waals surface area contributed by atoms with Gasteiger partial charge in [-0.05, 0) is 25.3 Å². The quantitative estimate of drug-likeness (QED) is 0.689. The topological polar surface area (TPSA) is 40.5 Å². The van der Waals surface area contributed by atoms with Crippen molar-refractivity contribution in [3.05, 3.63) is 11.6 Å². The number of nitrogens with zero attached hydrogens (tertiary/aromatic N) is 1. The summed E-state index contributed by atoms with van der Waals surface area (Å²) in [6.07, 6.45) is 5.34. The highest BCUT2D eigenvalue weighted by atomic mass is 16.4. The summed E-state index contributed by atoms with van der Waals surface area (Å²) in [5.74, 6) is -0.344. The van der Waals surface area contributed by atoms with Gasteiger partial charge in [0.15, 0.2) is 0 Å². The van der Waals surface area contributed by atoms with Crippen LogP contribution in [0.1, 0.15) is 26.2 Å². The van der Waals surface area contributed by atoms with Gasteiger partial charge in [-0.3, -0.25) is 4.90 Å². The molecule has 2 atom stereocenters. The predicted octanol–water partition coefficient (Wildman–Crippen LogP) is 1.50. The first-order valence-electron chi connectivity index (χ1n) is 5.37. The van der Waals surface area contributed by atoms with Crippen LogP contribution in [-0.4, -0.2) is 35.1 Å². The van der Waals surface area contributed by atoms with Gasteiger partial charge in [0.25, 0.3) is 0 Å². The highest BCUT2D eigenvalue weighted by Gasteiger charge is 2.33. The van der Waals surface area contributed by atoms with Crippen molar-refractivity contribution in [1.82, 2.24) is 4.90 Å². The van der Waals surface area contributed by atoms with Crippen LogP contribution in [0.2, 0.25) is 0 Å². The number of hydrogen-bond donors (Lipinski definition) is 1. The van der Waals surface area contributed by atoms with Gasteiger partial charge in [-0.2, -0.15) is 0 Å². The maximum absolute atomic E-state index is 11.1. The van der Waals surface area contributed by atoms with Crippen LogP contribution in [0.3, 0.4) is 0 Å². The van der Waals surface area contributed by atoms with Crippen LogP contribution >= 0.6 is 0 Å². The molecule has 0 aliphatic carbocycles. The number of rotatable bonds is 1. The Morgan fingerprint density at radius 2 is 2.36 bits per heavy atom. The maximum atomic E-state index is 11.1. The first-order chi connectivity index (χ1) is 6.68. The first kappa shape index (κ1) is 9.71. The van der Waals surface area contributed by atoms with Gasteiger partial charge in [0.2, 0.25) is 0 Å². The Morgan fingerprint density at radius 3 is 3.07 bits per heavy atom. The molecule has 2 heterocycles. The van der Waals surface area contributed by atoms with Gasteiger partial charge in [0.1, 0.15) is 0 Å². The number of fused-ring (bicyclic) bond motifs is 1. The summed E-state index contributed by atoms with van der Waals surface area (Å²) < 4.78 is 0. The highest BCUT2D eigenvalue weighted by molar-refractivity contribution is 5.88.